The fourth-order valence-corrected chi connectivity index (χ4v) is 4.13. The summed E-state index contributed by atoms with van der Waals surface area (Å²) in [5.74, 6) is 1.30. The average Bonchev–Trinajstić information content (AvgIpc) is 2.82. The van der Waals surface area contributed by atoms with Gasteiger partial charge in [0.1, 0.15) is 5.82 Å². The minimum absolute atomic E-state index is 0.192. The number of fused-ring (bicyclic) bond motifs is 1. The van der Waals surface area contributed by atoms with Crippen LogP contribution in [0.15, 0.2) is 73.1 Å². The first-order valence-electron chi connectivity index (χ1n) is 10.7. The van der Waals surface area contributed by atoms with Crippen LogP contribution in [-0.4, -0.2) is 32.2 Å². The smallest absolute Gasteiger partial charge is 0.229 e. The molecule has 0 spiro atoms. The molecule has 156 valence electrons. The molecule has 0 atom stereocenters. The topological polar surface area (TPSA) is 83.0 Å². The Morgan fingerprint density at radius 3 is 2.48 bits per heavy atom. The molecule has 1 fully saturated rings. The van der Waals surface area contributed by atoms with Crippen LogP contribution in [0, 0.1) is 0 Å². The van der Waals surface area contributed by atoms with Gasteiger partial charge in [-0.15, -0.1) is 0 Å². The van der Waals surface area contributed by atoms with Gasteiger partial charge in [0.15, 0.2) is 0 Å². The van der Waals surface area contributed by atoms with Crippen LogP contribution in [0.5, 0.6) is 0 Å². The first-order chi connectivity index (χ1) is 15.3. The zero-order chi connectivity index (χ0) is 21.0. The lowest BCUT2D eigenvalue weighted by Gasteiger charge is -2.27. The highest BCUT2D eigenvalue weighted by Crippen LogP contribution is 2.30. The van der Waals surface area contributed by atoms with E-state index in [1.807, 2.05) is 48.7 Å². The van der Waals surface area contributed by atoms with Gasteiger partial charge in [0, 0.05) is 29.5 Å². The molecule has 1 aliphatic rings. The highest BCUT2D eigenvalue weighted by atomic mass is 16.3. The van der Waals surface area contributed by atoms with E-state index in [9.17, 15) is 5.11 Å². The second kappa shape index (κ2) is 8.70. The largest absolute Gasteiger partial charge is 0.393 e. The molecular weight excluding hydrogens is 386 g/mol. The van der Waals surface area contributed by atoms with Crippen molar-refractivity contribution in [2.45, 2.75) is 37.8 Å². The molecule has 2 aromatic heterocycles. The summed E-state index contributed by atoms with van der Waals surface area (Å²) < 4.78 is 0. The van der Waals surface area contributed by atoms with E-state index in [0.29, 0.717) is 5.95 Å². The molecule has 6 nitrogen and oxygen atoms in total. The zero-order valence-electron chi connectivity index (χ0n) is 17.2. The SMILES string of the molecule is O[C@H]1CC[C@H](Nc2nc(Nc3cccc4ccccc34)ncc2-c2ccccn2)CC1. The van der Waals surface area contributed by atoms with Gasteiger partial charge in [-0.2, -0.15) is 4.98 Å². The molecule has 0 radical (unpaired) electrons. The van der Waals surface area contributed by atoms with Crippen LogP contribution in [0.2, 0.25) is 0 Å². The standard InChI is InChI=1S/C25H25N5O/c31-19-13-11-18(12-14-19)28-24-21(22-9-3-4-15-26-22)16-27-25(30-24)29-23-10-5-7-17-6-1-2-8-20(17)23/h1-10,15-16,18-19,31H,11-14H2,(H2,27,28,29,30)/t18-,19-. The predicted octanol–water partition coefficient (Wildman–Crippen LogP) is 5.15. The van der Waals surface area contributed by atoms with Crippen molar-refractivity contribution in [1.29, 1.82) is 0 Å². The van der Waals surface area contributed by atoms with Crippen molar-refractivity contribution in [3.8, 4) is 11.3 Å². The minimum Gasteiger partial charge on any atom is -0.393 e. The van der Waals surface area contributed by atoms with Crippen molar-refractivity contribution >= 4 is 28.2 Å². The maximum Gasteiger partial charge on any atom is 0.229 e. The number of nitrogens with zero attached hydrogens (tertiary/aromatic N) is 3. The van der Waals surface area contributed by atoms with Gasteiger partial charge in [-0.1, -0.05) is 42.5 Å². The van der Waals surface area contributed by atoms with Crippen LogP contribution < -0.4 is 10.6 Å². The molecule has 0 amide bonds. The number of hydrogen-bond acceptors (Lipinski definition) is 6. The summed E-state index contributed by atoms with van der Waals surface area (Å²) >= 11 is 0. The summed E-state index contributed by atoms with van der Waals surface area (Å²) in [6.07, 6.45) is 6.85. The number of hydrogen-bond donors (Lipinski definition) is 3. The maximum atomic E-state index is 9.85. The van der Waals surface area contributed by atoms with Crippen molar-refractivity contribution in [2.75, 3.05) is 10.6 Å². The van der Waals surface area contributed by atoms with Gasteiger partial charge < -0.3 is 15.7 Å². The number of pyridine rings is 1. The molecule has 0 bridgehead atoms. The van der Waals surface area contributed by atoms with Gasteiger partial charge in [-0.3, -0.25) is 4.98 Å². The summed E-state index contributed by atoms with van der Waals surface area (Å²) in [4.78, 5) is 13.9. The fourth-order valence-electron chi connectivity index (χ4n) is 4.13. The van der Waals surface area contributed by atoms with E-state index in [1.54, 1.807) is 6.20 Å². The van der Waals surface area contributed by atoms with Crippen molar-refractivity contribution in [3.63, 3.8) is 0 Å². The molecule has 0 unspecified atom stereocenters. The zero-order valence-corrected chi connectivity index (χ0v) is 17.2. The molecule has 3 N–H and O–H groups in total. The number of aliphatic hydroxyl groups is 1. The van der Waals surface area contributed by atoms with Crippen LogP contribution in [0.3, 0.4) is 0 Å². The molecule has 31 heavy (non-hydrogen) atoms. The molecule has 2 heterocycles. The van der Waals surface area contributed by atoms with E-state index in [2.05, 4.69) is 38.8 Å². The third kappa shape index (κ3) is 4.34. The lowest BCUT2D eigenvalue weighted by molar-refractivity contribution is 0.126. The third-order valence-electron chi connectivity index (χ3n) is 5.80. The summed E-state index contributed by atoms with van der Waals surface area (Å²) in [5, 5.41) is 19.1. The number of anilines is 3. The summed E-state index contributed by atoms with van der Waals surface area (Å²) in [6, 6.07) is 20.5. The van der Waals surface area contributed by atoms with E-state index in [4.69, 9.17) is 4.98 Å². The molecular formula is C25H25N5O. The van der Waals surface area contributed by atoms with E-state index in [0.717, 1.165) is 59.2 Å². The number of nitrogens with one attached hydrogen (secondary N) is 2. The van der Waals surface area contributed by atoms with E-state index < -0.39 is 0 Å². The monoisotopic (exact) mass is 411 g/mol. The molecule has 1 aliphatic carbocycles. The molecule has 6 heteroatoms. The Morgan fingerprint density at radius 1 is 0.839 bits per heavy atom. The minimum atomic E-state index is -0.192. The Bertz CT molecular complexity index is 1170. The quantitative estimate of drug-likeness (QED) is 0.421. The molecule has 0 aliphatic heterocycles. The average molecular weight is 412 g/mol. The molecule has 5 rings (SSSR count). The van der Waals surface area contributed by atoms with E-state index in [-0.39, 0.29) is 12.1 Å². The predicted molar refractivity (Wildman–Crippen MR) is 124 cm³/mol. The summed E-state index contributed by atoms with van der Waals surface area (Å²) in [6.45, 7) is 0. The number of aromatic nitrogens is 3. The Kier molecular flexibility index (Phi) is 5.46. The number of rotatable bonds is 5. The van der Waals surface area contributed by atoms with Crippen LogP contribution in [0.1, 0.15) is 25.7 Å². The van der Waals surface area contributed by atoms with Gasteiger partial charge in [0.2, 0.25) is 5.95 Å². The van der Waals surface area contributed by atoms with Gasteiger partial charge in [-0.25, -0.2) is 4.98 Å². The van der Waals surface area contributed by atoms with Crippen molar-refractivity contribution in [1.82, 2.24) is 15.0 Å². The first-order valence-corrected chi connectivity index (χ1v) is 10.7. The highest BCUT2D eigenvalue weighted by molar-refractivity contribution is 5.95. The lowest BCUT2D eigenvalue weighted by Crippen LogP contribution is -2.29. The molecule has 0 saturated heterocycles. The molecule has 4 aromatic rings. The first kappa shape index (κ1) is 19.5. The lowest BCUT2D eigenvalue weighted by atomic mass is 9.93. The van der Waals surface area contributed by atoms with Crippen molar-refractivity contribution in [3.05, 3.63) is 73.1 Å². The third-order valence-corrected chi connectivity index (χ3v) is 5.80. The van der Waals surface area contributed by atoms with Gasteiger partial charge in [0.05, 0.1) is 17.4 Å². The Hall–Kier alpha value is -3.51. The van der Waals surface area contributed by atoms with Crippen LogP contribution in [0.25, 0.3) is 22.0 Å². The van der Waals surface area contributed by atoms with Crippen LogP contribution in [-0.2, 0) is 0 Å². The second-order valence-corrected chi connectivity index (χ2v) is 7.97. The van der Waals surface area contributed by atoms with Crippen molar-refractivity contribution in [2.24, 2.45) is 0 Å². The van der Waals surface area contributed by atoms with Crippen LogP contribution >= 0.6 is 0 Å². The van der Waals surface area contributed by atoms with Crippen LogP contribution in [0.4, 0.5) is 17.5 Å². The fraction of sp³-hybridized carbons (Fsp3) is 0.240. The Labute approximate surface area is 181 Å². The summed E-state index contributed by atoms with van der Waals surface area (Å²) in [5.41, 5.74) is 2.67. The van der Waals surface area contributed by atoms with Gasteiger partial charge in [0.25, 0.3) is 0 Å². The summed E-state index contributed by atoms with van der Waals surface area (Å²) in [7, 11) is 0. The Balaban J connectivity index is 1.48. The van der Waals surface area contributed by atoms with Crippen molar-refractivity contribution < 1.29 is 5.11 Å². The van der Waals surface area contributed by atoms with Gasteiger partial charge >= 0.3 is 0 Å². The Morgan fingerprint density at radius 2 is 1.65 bits per heavy atom. The number of benzene rings is 2. The number of aliphatic hydroxyl groups excluding tert-OH is 1. The van der Waals surface area contributed by atoms with E-state index in [1.165, 1.54) is 0 Å². The van der Waals surface area contributed by atoms with Gasteiger partial charge in [-0.05, 0) is 49.3 Å². The maximum absolute atomic E-state index is 9.85. The molecule has 1 saturated carbocycles. The molecule has 2 aromatic carbocycles. The normalized spacial score (nSPS) is 18.6. The second-order valence-electron chi connectivity index (χ2n) is 7.97. The van der Waals surface area contributed by atoms with E-state index >= 15 is 0 Å². The highest BCUT2D eigenvalue weighted by Gasteiger charge is 2.21.